The minimum atomic E-state index is -0.00275. The van der Waals surface area contributed by atoms with Crippen molar-refractivity contribution in [2.24, 2.45) is 0 Å². The molecule has 1 aromatic heterocycles. The van der Waals surface area contributed by atoms with Crippen molar-refractivity contribution < 1.29 is 4.79 Å². The molecule has 0 aromatic carbocycles. The number of amides is 1. The van der Waals surface area contributed by atoms with Gasteiger partial charge in [-0.05, 0) is 61.0 Å². The van der Waals surface area contributed by atoms with Crippen LogP contribution in [0.1, 0.15) is 23.3 Å². The molecule has 1 aromatic rings. The number of carbonyl (C=O) groups is 1. The number of likely N-dealkylation sites (tertiary alicyclic amines) is 1. The Labute approximate surface area is 116 Å². The topological polar surface area (TPSA) is 36.4 Å². The van der Waals surface area contributed by atoms with Crippen LogP contribution in [0.25, 0.3) is 0 Å². The summed E-state index contributed by atoms with van der Waals surface area (Å²) in [7, 11) is 3.99. The van der Waals surface area contributed by atoms with E-state index < -0.39 is 0 Å². The van der Waals surface area contributed by atoms with E-state index >= 15 is 0 Å². The highest BCUT2D eigenvalue weighted by Gasteiger charge is 2.26. The molecular weight excluding hydrogens is 294 g/mol. The summed E-state index contributed by atoms with van der Waals surface area (Å²) in [6.45, 7) is 2.09. The predicted octanol–water partition coefficient (Wildman–Crippen LogP) is 2.01. The number of piperidine rings is 1. The zero-order valence-electron chi connectivity index (χ0n) is 10.8. The molecule has 4 nitrogen and oxygen atoms in total. The van der Waals surface area contributed by atoms with Crippen LogP contribution in [0, 0.1) is 0 Å². The predicted molar refractivity (Wildman–Crippen MR) is 74.5 cm³/mol. The first-order chi connectivity index (χ1) is 8.59. The highest BCUT2D eigenvalue weighted by molar-refractivity contribution is 9.10. The van der Waals surface area contributed by atoms with E-state index in [1.807, 2.05) is 24.1 Å². The Balaban J connectivity index is 2.07. The fourth-order valence-corrected chi connectivity index (χ4v) is 2.68. The Morgan fingerprint density at radius 1 is 1.50 bits per heavy atom. The molecule has 1 aliphatic rings. The number of aromatic nitrogens is 1. The number of hydrogen-bond donors (Lipinski definition) is 0. The summed E-state index contributed by atoms with van der Waals surface area (Å²) < 4.78 is 0.759. The number of pyridine rings is 1. The van der Waals surface area contributed by atoms with E-state index in [0.29, 0.717) is 11.7 Å². The van der Waals surface area contributed by atoms with Gasteiger partial charge in [-0.15, -0.1) is 0 Å². The van der Waals surface area contributed by atoms with Gasteiger partial charge < -0.3 is 9.80 Å². The molecule has 0 N–H and O–H groups in total. The Kier molecular flexibility index (Phi) is 4.35. The third kappa shape index (κ3) is 2.90. The molecule has 0 spiro atoms. The van der Waals surface area contributed by atoms with Crippen molar-refractivity contribution in [2.75, 3.05) is 27.2 Å². The molecule has 98 valence electrons. The smallest absolute Gasteiger partial charge is 0.273 e. The largest absolute Gasteiger partial charge is 0.337 e. The summed E-state index contributed by atoms with van der Waals surface area (Å²) in [4.78, 5) is 20.7. The number of carbonyl (C=O) groups excluding carboxylic acids is 1. The second kappa shape index (κ2) is 5.80. The molecule has 1 amide bonds. The zero-order valence-corrected chi connectivity index (χ0v) is 12.4. The Bertz CT molecular complexity index is 430. The van der Waals surface area contributed by atoms with Crippen LogP contribution in [0.5, 0.6) is 0 Å². The highest BCUT2D eigenvalue weighted by Crippen LogP contribution is 2.19. The number of hydrogen-bond acceptors (Lipinski definition) is 3. The van der Waals surface area contributed by atoms with Crippen LogP contribution in [0.4, 0.5) is 0 Å². The second-order valence-electron chi connectivity index (χ2n) is 4.78. The van der Waals surface area contributed by atoms with Crippen LogP contribution in [0.15, 0.2) is 22.8 Å². The maximum atomic E-state index is 12.4. The molecule has 0 radical (unpaired) electrons. The van der Waals surface area contributed by atoms with Gasteiger partial charge in [0.15, 0.2) is 0 Å². The van der Waals surface area contributed by atoms with Gasteiger partial charge in [0.25, 0.3) is 5.91 Å². The van der Waals surface area contributed by atoms with E-state index in [0.717, 1.165) is 30.4 Å². The van der Waals surface area contributed by atoms with Crippen LogP contribution < -0.4 is 0 Å². The van der Waals surface area contributed by atoms with Gasteiger partial charge in [0.1, 0.15) is 5.69 Å². The fraction of sp³-hybridized carbons (Fsp3) is 0.538. The van der Waals surface area contributed by atoms with Gasteiger partial charge in [-0.2, -0.15) is 0 Å². The third-order valence-electron chi connectivity index (χ3n) is 3.52. The van der Waals surface area contributed by atoms with Gasteiger partial charge >= 0.3 is 0 Å². The van der Waals surface area contributed by atoms with Crippen LogP contribution in [-0.2, 0) is 0 Å². The molecule has 0 unspecified atom stereocenters. The lowest BCUT2D eigenvalue weighted by Crippen LogP contribution is -2.44. The van der Waals surface area contributed by atoms with Crippen molar-refractivity contribution >= 4 is 21.8 Å². The molecule has 18 heavy (non-hydrogen) atoms. The standard InChI is InChI=1S/C13H18BrN3O/c1-16-8-5-10(6-9-16)17(2)13(18)12-11(14)4-3-7-15-12/h3-4,7,10H,5-6,8-9H2,1-2H3. The van der Waals surface area contributed by atoms with Crippen molar-refractivity contribution in [1.29, 1.82) is 0 Å². The van der Waals surface area contributed by atoms with Gasteiger partial charge in [0, 0.05) is 23.8 Å². The molecule has 0 aliphatic carbocycles. The van der Waals surface area contributed by atoms with E-state index in [2.05, 4.69) is 32.9 Å². The molecule has 2 rings (SSSR count). The first kappa shape index (κ1) is 13.5. The molecular formula is C13H18BrN3O. The van der Waals surface area contributed by atoms with Crippen LogP contribution >= 0.6 is 15.9 Å². The maximum absolute atomic E-state index is 12.4. The summed E-state index contributed by atoms with van der Waals surface area (Å²) >= 11 is 3.38. The third-order valence-corrected chi connectivity index (χ3v) is 4.16. The summed E-state index contributed by atoms with van der Waals surface area (Å²) in [5, 5.41) is 0. The number of nitrogens with zero attached hydrogens (tertiary/aromatic N) is 3. The molecule has 2 heterocycles. The van der Waals surface area contributed by atoms with E-state index in [4.69, 9.17) is 0 Å². The Morgan fingerprint density at radius 2 is 2.17 bits per heavy atom. The fourth-order valence-electron chi connectivity index (χ4n) is 2.26. The van der Waals surface area contributed by atoms with E-state index in [1.165, 1.54) is 0 Å². The average molecular weight is 312 g/mol. The van der Waals surface area contributed by atoms with Gasteiger partial charge in [0.2, 0.25) is 0 Å². The van der Waals surface area contributed by atoms with E-state index in [9.17, 15) is 4.79 Å². The molecule has 1 saturated heterocycles. The lowest BCUT2D eigenvalue weighted by molar-refractivity contribution is 0.0653. The second-order valence-corrected chi connectivity index (χ2v) is 5.64. The van der Waals surface area contributed by atoms with Crippen molar-refractivity contribution in [2.45, 2.75) is 18.9 Å². The number of halogens is 1. The summed E-state index contributed by atoms with van der Waals surface area (Å²) in [5.74, 6) is -0.00275. The zero-order chi connectivity index (χ0) is 13.1. The quantitative estimate of drug-likeness (QED) is 0.838. The van der Waals surface area contributed by atoms with E-state index in [1.54, 1.807) is 6.20 Å². The average Bonchev–Trinajstić information content (AvgIpc) is 2.38. The Hall–Kier alpha value is -0.940. The maximum Gasteiger partial charge on any atom is 0.273 e. The minimum Gasteiger partial charge on any atom is -0.337 e. The molecule has 1 aliphatic heterocycles. The summed E-state index contributed by atoms with van der Waals surface area (Å²) in [5.41, 5.74) is 0.499. The summed E-state index contributed by atoms with van der Waals surface area (Å²) in [6, 6.07) is 3.99. The van der Waals surface area contributed by atoms with Crippen molar-refractivity contribution in [3.05, 3.63) is 28.5 Å². The van der Waals surface area contributed by atoms with Gasteiger partial charge in [-0.3, -0.25) is 4.79 Å². The SMILES string of the molecule is CN1CCC(N(C)C(=O)c2ncccc2Br)CC1. The Morgan fingerprint density at radius 3 is 2.78 bits per heavy atom. The van der Waals surface area contributed by atoms with Gasteiger partial charge in [-0.25, -0.2) is 4.98 Å². The lowest BCUT2D eigenvalue weighted by atomic mass is 10.0. The molecule has 0 atom stereocenters. The van der Waals surface area contributed by atoms with Crippen LogP contribution in [-0.4, -0.2) is 53.9 Å². The molecule has 1 fully saturated rings. The van der Waals surface area contributed by atoms with Crippen LogP contribution in [0.3, 0.4) is 0 Å². The van der Waals surface area contributed by atoms with Crippen LogP contribution in [0.2, 0.25) is 0 Å². The number of rotatable bonds is 2. The first-order valence-corrected chi connectivity index (χ1v) is 6.95. The minimum absolute atomic E-state index is 0.00275. The summed E-state index contributed by atoms with van der Waals surface area (Å²) in [6.07, 6.45) is 3.72. The lowest BCUT2D eigenvalue weighted by Gasteiger charge is -2.35. The van der Waals surface area contributed by atoms with Gasteiger partial charge in [0.05, 0.1) is 0 Å². The molecule has 0 saturated carbocycles. The molecule has 5 heteroatoms. The van der Waals surface area contributed by atoms with Gasteiger partial charge in [-0.1, -0.05) is 0 Å². The molecule has 0 bridgehead atoms. The van der Waals surface area contributed by atoms with Crippen molar-refractivity contribution in [3.63, 3.8) is 0 Å². The monoisotopic (exact) mass is 311 g/mol. The van der Waals surface area contributed by atoms with Crippen molar-refractivity contribution in [1.82, 2.24) is 14.8 Å². The normalized spacial score (nSPS) is 17.7. The van der Waals surface area contributed by atoms with Crippen molar-refractivity contribution in [3.8, 4) is 0 Å². The first-order valence-electron chi connectivity index (χ1n) is 6.16. The highest BCUT2D eigenvalue weighted by atomic mass is 79.9. The van der Waals surface area contributed by atoms with E-state index in [-0.39, 0.29) is 5.91 Å².